The van der Waals surface area contributed by atoms with E-state index in [9.17, 15) is 13.2 Å². The Hall–Kier alpha value is -1.53. The molecule has 0 saturated carbocycles. The summed E-state index contributed by atoms with van der Waals surface area (Å²) in [5.74, 6) is 0.251. The highest BCUT2D eigenvalue weighted by Gasteiger charge is 2.33. The fourth-order valence-corrected chi connectivity index (χ4v) is 1.70. The van der Waals surface area contributed by atoms with Crippen molar-refractivity contribution in [3.63, 3.8) is 0 Å². The first kappa shape index (κ1) is 12.9. The Bertz CT molecular complexity index is 566. The van der Waals surface area contributed by atoms with Crippen molar-refractivity contribution in [2.75, 3.05) is 0 Å². The Morgan fingerprint density at radius 3 is 2.61 bits per heavy atom. The van der Waals surface area contributed by atoms with Gasteiger partial charge in [0.25, 0.3) is 0 Å². The number of hydrogen-bond donors (Lipinski definition) is 2. The molecule has 0 spiro atoms. The molecule has 0 atom stereocenters. The third-order valence-electron chi connectivity index (χ3n) is 2.34. The standard InChI is InChI=1S/C11H8ClF3N2O/c12-9-2-1-6(3-8(9)11(13,14)15)10-16-4-7(5-18)17-10/h1-4,18H,5H2,(H,16,17). The minimum absolute atomic E-state index is 0.251. The molecule has 0 aliphatic heterocycles. The summed E-state index contributed by atoms with van der Waals surface area (Å²) in [5.41, 5.74) is -0.233. The van der Waals surface area contributed by atoms with Gasteiger partial charge in [-0.15, -0.1) is 0 Å². The smallest absolute Gasteiger partial charge is 0.390 e. The van der Waals surface area contributed by atoms with Crippen LogP contribution in [0.4, 0.5) is 13.2 Å². The van der Waals surface area contributed by atoms with E-state index >= 15 is 0 Å². The van der Waals surface area contributed by atoms with E-state index in [2.05, 4.69) is 9.97 Å². The number of alkyl halides is 3. The van der Waals surface area contributed by atoms with E-state index in [1.165, 1.54) is 18.3 Å². The molecule has 18 heavy (non-hydrogen) atoms. The summed E-state index contributed by atoms with van der Waals surface area (Å²) >= 11 is 5.51. The molecule has 0 unspecified atom stereocenters. The van der Waals surface area contributed by atoms with Crippen molar-refractivity contribution in [3.05, 3.63) is 40.7 Å². The first-order valence-corrected chi connectivity index (χ1v) is 5.31. The van der Waals surface area contributed by atoms with Gasteiger partial charge in [-0.3, -0.25) is 0 Å². The van der Waals surface area contributed by atoms with Crippen molar-refractivity contribution in [2.45, 2.75) is 12.8 Å². The largest absolute Gasteiger partial charge is 0.417 e. The first-order valence-electron chi connectivity index (χ1n) is 4.93. The zero-order valence-corrected chi connectivity index (χ0v) is 9.68. The molecule has 0 aliphatic carbocycles. The lowest BCUT2D eigenvalue weighted by molar-refractivity contribution is -0.137. The molecule has 2 rings (SSSR count). The summed E-state index contributed by atoms with van der Waals surface area (Å²) in [6, 6.07) is 3.51. The van der Waals surface area contributed by atoms with Crippen molar-refractivity contribution >= 4 is 11.6 Å². The molecule has 0 bridgehead atoms. The van der Waals surface area contributed by atoms with E-state index in [-0.39, 0.29) is 23.0 Å². The molecule has 1 heterocycles. The summed E-state index contributed by atoms with van der Waals surface area (Å²) in [6.45, 7) is -0.257. The quantitative estimate of drug-likeness (QED) is 0.885. The van der Waals surface area contributed by atoms with Crippen LogP contribution >= 0.6 is 11.6 Å². The monoisotopic (exact) mass is 276 g/mol. The zero-order valence-electron chi connectivity index (χ0n) is 8.92. The predicted molar refractivity (Wildman–Crippen MR) is 60.0 cm³/mol. The van der Waals surface area contributed by atoms with E-state index in [0.29, 0.717) is 5.69 Å². The van der Waals surface area contributed by atoms with Crippen LogP contribution in [0.15, 0.2) is 24.4 Å². The maximum Gasteiger partial charge on any atom is 0.417 e. The number of hydrogen-bond acceptors (Lipinski definition) is 2. The third-order valence-corrected chi connectivity index (χ3v) is 2.67. The molecular weight excluding hydrogens is 269 g/mol. The highest BCUT2D eigenvalue weighted by Crippen LogP contribution is 2.36. The van der Waals surface area contributed by atoms with Gasteiger partial charge in [-0.05, 0) is 18.2 Å². The normalized spacial score (nSPS) is 11.8. The van der Waals surface area contributed by atoms with Crippen LogP contribution in [0.3, 0.4) is 0 Å². The number of aromatic amines is 1. The summed E-state index contributed by atoms with van der Waals surface area (Å²) in [6.07, 6.45) is -3.16. The van der Waals surface area contributed by atoms with Crippen LogP contribution in [0.25, 0.3) is 11.4 Å². The predicted octanol–water partition coefficient (Wildman–Crippen LogP) is 3.24. The molecule has 3 nitrogen and oxygen atoms in total. The van der Waals surface area contributed by atoms with Crippen molar-refractivity contribution in [1.29, 1.82) is 0 Å². The molecule has 2 N–H and O–H groups in total. The van der Waals surface area contributed by atoms with Crippen LogP contribution in [0.1, 0.15) is 11.3 Å². The average molecular weight is 277 g/mol. The summed E-state index contributed by atoms with van der Waals surface area (Å²) in [5, 5.41) is 8.49. The zero-order chi connectivity index (χ0) is 13.3. The van der Waals surface area contributed by atoms with Gasteiger partial charge in [0.2, 0.25) is 0 Å². The molecule has 0 aliphatic rings. The molecule has 2 aromatic rings. The number of aliphatic hydroxyl groups excluding tert-OH is 1. The van der Waals surface area contributed by atoms with Crippen molar-refractivity contribution in [1.82, 2.24) is 9.97 Å². The van der Waals surface area contributed by atoms with Gasteiger partial charge in [0.05, 0.1) is 29.1 Å². The van der Waals surface area contributed by atoms with Crippen molar-refractivity contribution in [2.24, 2.45) is 0 Å². The summed E-state index contributed by atoms with van der Waals surface area (Å²) in [4.78, 5) is 6.59. The van der Waals surface area contributed by atoms with Gasteiger partial charge in [-0.1, -0.05) is 11.6 Å². The first-order chi connectivity index (χ1) is 8.41. The highest BCUT2D eigenvalue weighted by molar-refractivity contribution is 6.31. The van der Waals surface area contributed by atoms with E-state index in [0.717, 1.165) is 6.07 Å². The molecule has 7 heteroatoms. The number of aliphatic hydroxyl groups is 1. The fourth-order valence-electron chi connectivity index (χ4n) is 1.48. The molecule has 1 aromatic heterocycles. The second-order valence-corrected chi connectivity index (χ2v) is 4.01. The highest BCUT2D eigenvalue weighted by atomic mass is 35.5. The number of nitrogens with one attached hydrogen (secondary N) is 1. The number of halogens is 4. The van der Waals surface area contributed by atoms with Gasteiger partial charge in [0.1, 0.15) is 5.82 Å². The van der Waals surface area contributed by atoms with E-state index in [1.54, 1.807) is 0 Å². The van der Waals surface area contributed by atoms with Crippen LogP contribution in [-0.2, 0) is 12.8 Å². The van der Waals surface area contributed by atoms with E-state index < -0.39 is 11.7 Å². The molecule has 0 saturated heterocycles. The molecule has 96 valence electrons. The lowest BCUT2D eigenvalue weighted by Crippen LogP contribution is -2.06. The van der Waals surface area contributed by atoms with Crippen molar-refractivity contribution in [3.8, 4) is 11.4 Å². The minimum atomic E-state index is -4.51. The molecular formula is C11H8ClF3N2O. The van der Waals surface area contributed by atoms with Crippen LogP contribution in [-0.4, -0.2) is 15.1 Å². The molecule has 0 radical (unpaired) electrons. The van der Waals surface area contributed by atoms with Gasteiger partial charge in [-0.2, -0.15) is 13.2 Å². The van der Waals surface area contributed by atoms with Gasteiger partial charge in [0.15, 0.2) is 0 Å². The van der Waals surface area contributed by atoms with Crippen LogP contribution in [0.2, 0.25) is 5.02 Å². The van der Waals surface area contributed by atoms with E-state index in [4.69, 9.17) is 16.7 Å². The summed E-state index contributed by atoms with van der Waals surface area (Å²) in [7, 11) is 0. The maximum absolute atomic E-state index is 12.7. The second kappa shape index (κ2) is 4.62. The Balaban J connectivity index is 2.47. The second-order valence-electron chi connectivity index (χ2n) is 3.61. The summed E-state index contributed by atoms with van der Waals surface area (Å²) < 4.78 is 38.0. The SMILES string of the molecule is OCc1cnc(-c2ccc(Cl)c(C(F)(F)F)c2)[nH]1. The van der Waals surface area contributed by atoms with Gasteiger partial charge < -0.3 is 10.1 Å². The Labute approximate surface area is 105 Å². The number of benzene rings is 1. The van der Waals surface area contributed by atoms with Gasteiger partial charge >= 0.3 is 6.18 Å². The van der Waals surface area contributed by atoms with Crippen LogP contribution < -0.4 is 0 Å². The Morgan fingerprint density at radius 2 is 2.06 bits per heavy atom. The van der Waals surface area contributed by atoms with E-state index in [1.807, 2.05) is 0 Å². The van der Waals surface area contributed by atoms with Gasteiger partial charge in [-0.25, -0.2) is 4.98 Å². The molecule has 1 aromatic carbocycles. The number of aromatic nitrogens is 2. The maximum atomic E-state index is 12.7. The lowest BCUT2D eigenvalue weighted by atomic mass is 10.1. The van der Waals surface area contributed by atoms with Crippen molar-refractivity contribution < 1.29 is 18.3 Å². The average Bonchev–Trinajstić information content (AvgIpc) is 2.76. The number of rotatable bonds is 2. The lowest BCUT2D eigenvalue weighted by Gasteiger charge is -2.09. The third kappa shape index (κ3) is 2.49. The number of nitrogens with zero attached hydrogens (tertiary/aromatic N) is 1. The van der Waals surface area contributed by atoms with Gasteiger partial charge in [0, 0.05) is 5.56 Å². The molecule has 0 fully saturated rings. The van der Waals surface area contributed by atoms with Crippen LogP contribution in [0, 0.1) is 0 Å². The minimum Gasteiger partial charge on any atom is -0.390 e. The Kier molecular flexibility index (Phi) is 3.32. The number of imidazole rings is 1. The Morgan fingerprint density at radius 1 is 1.33 bits per heavy atom. The number of H-pyrrole nitrogens is 1. The van der Waals surface area contributed by atoms with Crippen LogP contribution in [0.5, 0.6) is 0 Å². The molecule has 0 amide bonds. The fraction of sp³-hybridized carbons (Fsp3) is 0.182. The topological polar surface area (TPSA) is 48.9 Å².